The van der Waals surface area contributed by atoms with E-state index in [-0.39, 0.29) is 31.4 Å². The number of amides is 2. The van der Waals surface area contributed by atoms with Gasteiger partial charge in [-0.15, -0.1) is 0 Å². The highest BCUT2D eigenvalue weighted by Gasteiger charge is 2.35. The Hall–Kier alpha value is -3.48. The van der Waals surface area contributed by atoms with Crippen LogP contribution in [0, 0.1) is 11.7 Å². The lowest BCUT2D eigenvalue weighted by Crippen LogP contribution is -2.36. The molecule has 0 radical (unpaired) electrons. The van der Waals surface area contributed by atoms with E-state index in [1.165, 1.54) is 22.6 Å². The summed E-state index contributed by atoms with van der Waals surface area (Å²) in [6, 6.07) is 7.48. The van der Waals surface area contributed by atoms with Gasteiger partial charge in [-0.2, -0.15) is 0 Å². The molecule has 2 aliphatic rings. The van der Waals surface area contributed by atoms with Gasteiger partial charge in [0.2, 0.25) is 0 Å². The van der Waals surface area contributed by atoms with Crippen molar-refractivity contribution in [2.45, 2.75) is 58.4 Å². The van der Waals surface area contributed by atoms with E-state index in [9.17, 15) is 14.7 Å². The molecule has 0 spiro atoms. The predicted octanol–water partition coefficient (Wildman–Crippen LogP) is 4.94. The molecule has 2 N–H and O–H groups in total. The lowest BCUT2D eigenvalue weighted by molar-refractivity contribution is -0.138. The van der Waals surface area contributed by atoms with E-state index in [0.29, 0.717) is 57.5 Å². The zero-order chi connectivity index (χ0) is 32.7. The largest absolute Gasteiger partial charge is 0.488 e. The second-order valence-corrected chi connectivity index (χ2v) is 12.1. The third-order valence-electron chi connectivity index (χ3n) is 8.09. The molecule has 254 valence electrons. The minimum absolute atomic E-state index is 0.0385. The van der Waals surface area contributed by atoms with Gasteiger partial charge in [0, 0.05) is 38.5 Å². The molecule has 1 aromatic heterocycles. The first-order chi connectivity index (χ1) is 22.3. The standard InChI is InChI=1S/C34H49FN4O7/c1-25(2)11-16-43-17-18-44-19-20-45-21-22-46-31-10-8-27(23-29(31)35)30(24-32(40)41)39-15-14-38(34(39)42)13-4-6-28-9-7-26-5-3-12-36-33(26)37-28/h7-10,23,25,30H,3-6,11-22,24H2,1-2H3,(H,36,37)(H,40,41). The molecule has 2 aliphatic heterocycles. The molecule has 1 aromatic carbocycles. The number of nitrogens with one attached hydrogen (secondary N) is 1. The molecule has 12 heteroatoms. The zero-order valence-corrected chi connectivity index (χ0v) is 27.2. The van der Waals surface area contributed by atoms with Gasteiger partial charge < -0.3 is 39.2 Å². The van der Waals surface area contributed by atoms with Crippen molar-refractivity contribution in [2.75, 3.05) is 77.7 Å². The van der Waals surface area contributed by atoms with Crippen LogP contribution in [0.25, 0.3) is 0 Å². The molecule has 46 heavy (non-hydrogen) atoms. The minimum Gasteiger partial charge on any atom is -0.488 e. The highest BCUT2D eigenvalue weighted by atomic mass is 19.1. The summed E-state index contributed by atoms with van der Waals surface area (Å²) in [7, 11) is 0. The third-order valence-corrected chi connectivity index (χ3v) is 8.09. The molecule has 0 saturated carbocycles. The molecule has 1 unspecified atom stereocenters. The highest BCUT2D eigenvalue weighted by molar-refractivity contribution is 5.78. The van der Waals surface area contributed by atoms with Crippen LogP contribution >= 0.6 is 0 Å². The van der Waals surface area contributed by atoms with Crippen molar-refractivity contribution in [1.82, 2.24) is 14.8 Å². The molecular weight excluding hydrogens is 595 g/mol. The topological polar surface area (TPSA) is 123 Å². The van der Waals surface area contributed by atoms with Gasteiger partial charge in [0.1, 0.15) is 12.4 Å². The van der Waals surface area contributed by atoms with Crippen molar-refractivity contribution in [2.24, 2.45) is 5.92 Å². The number of rotatable bonds is 21. The minimum atomic E-state index is -1.07. The first-order valence-corrected chi connectivity index (χ1v) is 16.5. The van der Waals surface area contributed by atoms with E-state index in [0.717, 1.165) is 56.8 Å². The van der Waals surface area contributed by atoms with Gasteiger partial charge in [0.15, 0.2) is 11.6 Å². The van der Waals surface area contributed by atoms with Crippen LogP contribution in [-0.4, -0.2) is 104 Å². The average molecular weight is 645 g/mol. The van der Waals surface area contributed by atoms with Gasteiger partial charge in [-0.05, 0) is 67.3 Å². The number of carbonyl (C=O) groups is 2. The number of anilines is 1. The Morgan fingerprint density at radius 1 is 1.02 bits per heavy atom. The number of ether oxygens (including phenoxy) is 4. The number of benzene rings is 1. The van der Waals surface area contributed by atoms with Crippen LogP contribution in [0.2, 0.25) is 0 Å². The summed E-state index contributed by atoms with van der Waals surface area (Å²) >= 11 is 0. The van der Waals surface area contributed by atoms with Crippen LogP contribution in [0.15, 0.2) is 30.3 Å². The maximum atomic E-state index is 15.0. The maximum Gasteiger partial charge on any atom is 0.320 e. The van der Waals surface area contributed by atoms with Crippen molar-refractivity contribution in [3.05, 3.63) is 53.0 Å². The fourth-order valence-electron chi connectivity index (χ4n) is 5.54. The van der Waals surface area contributed by atoms with Crippen molar-refractivity contribution >= 4 is 17.8 Å². The number of urea groups is 1. The number of pyridine rings is 1. The molecule has 0 aliphatic carbocycles. The fourth-order valence-corrected chi connectivity index (χ4v) is 5.54. The van der Waals surface area contributed by atoms with Crippen LogP contribution in [0.1, 0.15) is 62.4 Å². The van der Waals surface area contributed by atoms with Crippen molar-refractivity contribution in [1.29, 1.82) is 0 Å². The number of carboxylic acid groups (broad SMARTS) is 1. The molecule has 1 atom stereocenters. The van der Waals surface area contributed by atoms with Gasteiger partial charge in [0.05, 0.1) is 45.5 Å². The Morgan fingerprint density at radius 2 is 1.76 bits per heavy atom. The maximum absolute atomic E-state index is 15.0. The lowest BCUT2D eigenvalue weighted by atomic mass is 10.0. The number of hydrogen-bond donors (Lipinski definition) is 2. The molecule has 2 amide bonds. The fraction of sp³-hybridized carbons (Fsp3) is 0.618. The average Bonchev–Trinajstić information content (AvgIpc) is 3.40. The van der Waals surface area contributed by atoms with Gasteiger partial charge in [-0.25, -0.2) is 14.2 Å². The number of aliphatic carboxylic acids is 1. The van der Waals surface area contributed by atoms with Crippen LogP contribution in [0.3, 0.4) is 0 Å². The number of halogens is 1. The molecule has 3 heterocycles. The van der Waals surface area contributed by atoms with Crippen molar-refractivity contribution < 1.29 is 38.0 Å². The zero-order valence-electron chi connectivity index (χ0n) is 27.2. The van der Waals surface area contributed by atoms with Crippen molar-refractivity contribution in [3.63, 3.8) is 0 Å². The third kappa shape index (κ3) is 11.1. The summed E-state index contributed by atoms with van der Waals surface area (Å²) in [5.41, 5.74) is 2.63. The number of nitrogens with zero attached hydrogens (tertiary/aromatic N) is 3. The first kappa shape index (κ1) is 35.4. The highest BCUT2D eigenvalue weighted by Crippen LogP contribution is 2.31. The van der Waals surface area contributed by atoms with Gasteiger partial charge >= 0.3 is 12.0 Å². The Balaban J connectivity index is 1.19. The van der Waals surface area contributed by atoms with E-state index in [1.807, 2.05) is 6.07 Å². The monoisotopic (exact) mass is 644 g/mol. The van der Waals surface area contributed by atoms with Gasteiger partial charge in [-0.3, -0.25) is 4.79 Å². The summed E-state index contributed by atoms with van der Waals surface area (Å²) in [6.45, 7) is 9.62. The van der Waals surface area contributed by atoms with Gasteiger partial charge in [-0.1, -0.05) is 26.0 Å². The molecular formula is C34H49FN4O7. The Kier molecular flexibility index (Phi) is 14.3. The van der Waals surface area contributed by atoms with Crippen LogP contribution < -0.4 is 10.1 Å². The number of aromatic nitrogens is 1. The summed E-state index contributed by atoms with van der Waals surface area (Å²) in [4.78, 5) is 33.1. The Bertz CT molecular complexity index is 1260. The molecule has 11 nitrogen and oxygen atoms in total. The van der Waals surface area contributed by atoms with E-state index >= 15 is 4.39 Å². The normalized spacial score (nSPS) is 15.3. The van der Waals surface area contributed by atoms with Crippen LogP contribution in [-0.2, 0) is 31.8 Å². The van der Waals surface area contributed by atoms with Crippen molar-refractivity contribution in [3.8, 4) is 5.75 Å². The van der Waals surface area contributed by atoms with Gasteiger partial charge in [0.25, 0.3) is 0 Å². The van der Waals surface area contributed by atoms with E-state index in [1.54, 1.807) is 11.0 Å². The first-order valence-electron chi connectivity index (χ1n) is 16.5. The number of fused-ring (bicyclic) bond motifs is 1. The molecule has 1 fully saturated rings. The number of carbonyl (C=O) groups excluding carboxylic acids is 1. The summed E-state index contributed by atoms with van der Waals surface area (Å²) in [5, 5.41) is 13.0. The van der Waals surface area contributed by atoms with E-state index in [2.05, 4.69) is 25.2 Å². The molecule has 2 aromatic rings. The molecule has 0 bridgehead atoms. The molecule has 4 rings (SSSR count). The summed E-state index contributed by atoms with van der Waals surface area (Å²) in [6.07, 6.45) is 4.31. The SMILES string of the molecule is CC(C)CCOCCOCCOCCOc1ccc(C(CC(=O)O)N2CCN(CCCc3ccc4c(n3)NCCC4)C2=O)cc1F. The van der Waals surface area contributed by atoms with Crippen LogP contribution in [0.4, 0.5) is 15.0 Å². The smallest absolute Gasteiger partial charge is 0.320 e. The number of carboxylic acids is 1. The molecule has 1 saturated heterocycles. The number of aryl methyl sites for hydroxylation is 2. The summed E-state index contributed by atoms with van der Waals surface area (Å²) in [5.74, 6) is -0.0766. The Morgan fingerprint density at radius 3 is 2.48 bits per heavy atom. The summed E-state index contributed by atoms with van der Waals surface area (Å²) < 4.78 is 37.0. The Labute approximate surface area is 271 Å². The predicted molar refractivity (Wildman–Crippen MR) is 172 cm³/mol. The second-order valence-electron chi connectivity index (χ2n) is 12.1. The number of hydrogen-bond acceptors (Lipinski definition) is 8. The lowest BCUT2D eigenvalue weighted by Gasteiger charge is -2.27. The van der Waals surface area contributed by atoms with E-state index in [4.69, 9.17) is 23.9 Å². The van der Waals surface area contributed by atoms with Crippen LogP contribution in [0.5, 0.6) is 5.75 Å². The quantitative estimate of drug-likeness (QED) is 0.182. The van der Waals surface area contributed by atoms with E-state index < -0.39 is 17.8 Å². The second kappa shape index (κ2) is 18.6.